The topological polar surface area (TPSA) is 30.0 Å². The first kappa shape index (κ1) is 18.4. The first-order valence-corrected chi connectivity index (χ1v) is 8.22. The highest BCUT2D eigenvalue weighted by molar-refractivity contribution is 5.79. The van der Waals surface area contributed by atoms with Gasteiger partial charge in [-0.3, -0.25) is 14.6 Å². The van der Waals surface area contributed by atoms with Crippen LogP contribution in [0.1, 0.15) is 27.7 Å². The summed E-state index contributed by atoms with van der Waals surface area (Å²) in [6.07, 6.45) is 0. The summed E-state index contributed by atoms with van der Waals surface area (Å²) >= 11 is 0. The fourth-order valence-corrected chi connectivity index (χ4v) is 2.69. The summed E-state index contributed by atoms with van der Waals surface area (Å²) in [7, 11) is 4.17. The largest absolute Gasteiger partial charge is 0.338 e. The summed E-state index contributed by atoms with van der Waals surface area (Å²) in [6.45, 7) is 16.1. The maximum Gasteiger partial charge on any atom is 0.237 e. The Bertz CT molecular complexity index is 311. The Labute approximate surface area is 130 Å². The van der Waals surface area contributed by atoms with Gasteiger partial charge in [-0.05, 0) is 41.8 Å². The van der Waals surface area contributed by atoms with Crippen LogP contribution in [0, 0.1) is 0 Å². The summed E-state index contributed by atoms with van der Waals surface area (Å²) in [6, 6.07) is 1.09. The molecule has 0 aromatic rings. The number of carbonyl (C=O) groups excluding carboxylic acids is 1. The summed E-state index contributed by atoms with van der Waals surface area (Å²) < 4.78 is 0. The molecule has 0 unspecified atom stereocenters. The third kappa shape index (κ3) is 6.32. The Morgan fingerprint density at radius 3 is 1.71 bits per heavy atom. The van der Waals surface area contributed by atoms with Crippen LogP contribution in [0.15, 0.2) is 0 Å². The zero-order chi connectivity index (χ0) is 16.0. The molecule has 2 aliphatic rings. The van der Waals surface area contributed by atoms with Crippen molar-refractivity contribution in [3.63, 3.8) is 0 Å². The smallest absolute Gasteiger partial charge is 0.237 e. The van der Waals surface area contributed by atoms with Crippen molar-refractivity contribution in [2.24, 2.45) is 0 Å². The molecule has 0 aromatic carbocycles. The van der Waals surface area contributed by atoms with E-state index in [1.807, 2.05) is 11.9 Å². The van der Waals surface area contributed by atoms with Crippen molar-refractivity contribution in [3.8, 4) is 0 Å². The molecule has 2 fully saturated rings. The Kier molecular flexibility index (Phi) is 7.63. The fraction of sp³-hybridized carbons (Fsp3) is 0.938. The standard InChI is InChI=1S/C8H16N2O.C8H18N2/c1-7(2)10-5-4-9(3)6-8(10)11;1-8(2)10-6-4-9(3)5-7-10/h7H,4-6H2,1-3H3;8H,4-7H2,1-3H3. The van der Waals surface area contributed by atoms with Crippen molar-refractivity contribution >= 4 is 5.91 Å². The van der Waals surface area contributed by atoms with E-state index in [-0.39, 0.29) is 5.91 Å². The van der Waals surface area contributed by atoms with E-state index in [0.29, 0.717) is 12.6 Å². The van der Waals surface area contributed by atoms with Crippen LogP contribution < -0.4 is 0 Å². The SMILES string of the molecule is CC(C)N1CCN(C)CC1.CC(C)N1CCN(C)CC1=O. The average molecular weight is 298 g/mol. The zero-order valence-corrected chi connectivity index (χ0v) is 14.8. The van der Waals surface area contributed by atoms with Crippen molar-refractivity contribution in [3.05, 3.63) is 0 Å². The first-order valence-electron chi connectivity index (χ1n) is 8.22. The van der Waals surface area contributed by atoms with Gasteiger partial charge in [-0.15, -0.1) is 0 Å². The molecule has 2 rings (SSSR count). The van der Waals surface area contributed by atoms with Gasteiger partial charge in [0, 0.05) is 51.4 Å². The lowest BCUT2D eigenvalue weighted by Gasteiger charge is -2.34. The molecule has 0 aliphatic carbocycles. The molecule has 2 heterocycles. The van der Waals surface area contributed by atoms with Crippen LogP contribution in [0.4, 0.5) is 0 Å². The highest BCUT2D eigenvalue weighted by Crippen LogP contribution is 2.05. The number of carbonyl (C=O) groups is 1. The average Bonchev–Trinajstić information content (AvgIpc) is 2.39. The van der Waals surface area contributed by atoms with Gasteiger partial charge in [-0.25, -0.2) is 0 Å². The van der Waals surface area contributed by atoms with Crippen molar-refractivity contribution < 1.29 is 4.79 Å². The summed E-state index contributed by atoms with van der Waals surface area (Å²) in [4.78, 5) is 20.2. The van der Waals surface area contributed by atoms with Gasteiger partial charge in [0.25, 0.3) is 0 Å². The maximum absolute atomic E-state index is 11.3. The summed E-state index contributed by atoms with van der Waals surface area (Å²) in [5.74, 6) is 0.258. The number of hydrogen-bond donors (Lipinski definition) is 0. The lowest BCUT2D eigenvalue weighted by molar-refractivity contribution is -0.137. The van der Waals surface area contributed by atoms with Gasteiger partial charge in [-0.1, -0.05) is 0 Å². The van der Waals surface area contributed by atoms with Crippen LogP contribution in [-0.2, 0) is 4.79 Å². The van der Waals surface area contributed by atoms with Crippen LogP contribution in [0.2, 0.25) is 0 Å². The van der Waals surface area contributed by atoms with E-state index >= 15 is 0 Å². The first-order chi connectivity index (χ1) is 9.81. The van der Waals surface area contributed by atoms with E-state index in [0.717, 1.165) is 19.1 Å². The lowest BCUT2D eigenvalue weighted by Crippen LogP contribution is -2.51. The van der Waals surface area contributed by atoms with Gasteiger partial charge in [0.2, 0.25) is 5.91 Å². The maximum atomic E-state index is 11.3. The minimum absolute atomic E-state index is 0.258. The summed E-state index contributed by atoms with van der Waals surface area (Å²) in [5.41, 5.74) is 0. The normalized spacial score (nSPS) is 22.7. The second-order valence-corrected chi connectivity index (χ2v) is 6.85. The molecule has 2 saturated heterocycles. The van der Waals surface area contributed by atoms with Crippen LogP contribution in [-0.4, -0.2) is 97.5 Å². The molecule has 0 atom stereocenters. The zero-order valence-electron chi connectivity index (χ0n) is 14.8. The predicted octanol–water partition coefficient (Wildman–Crippen LogP) is 0.811. The number of nitrogens with zero attached hydrogens (tertiary/aromatic N) is 4. The van der Waals surface area contributed by atoms with Crippen LogP contribution >= 0.6 is 0 Å². The molecule has 0 bridgehead atoms. The monoisotopic (exact) mass is 298 g/mol. The van der Waals surface area contributed by atoms with Crippen LogP contribution in [0.25, 0.3) is 0 Å². The minimum Gasteiger partial charge on any atom is -0.338 e. The molecular formula is C16H34N4O. The van der Waals surface area contributed by atoms with Crippen LogP contribution in [0.3, 0.4) is 0 Å². The highest BCUT2D eigenvalue weighted by atomic mass is 16.2. The molecular weight excluding hydrogens is 264 g/mol. The molecule has 0 aromatic heterocycles. The van der Waals surface area contributed by atoms with Gasteiger partial charge in [0.15, 0.2) is 0 Å². The molecule has 0 saturated carbocycles. The van der Waals surface area contributed by atoms with Gasteiger partial charge in [-0.2, -0.15) is 0 Å². The second-order valence-electron chi connectivity index (χ2n) is 6.85. The second kappa shape index (κ2) is 8.71. The third-order valence-electron chi connectivity index (χ3n) is 4.34. The Morgan fingerprint density at radius 2 is 1.29 bits per heavy atom. The third-order valence-corrected chi connectivity index (χ3v) is 4.34. The Hall–Kier alpha value is -0.650. The quantitative estimate of drug-likeness (QED) is 0.755. The molecule has 5 nitrogen and oxygen atoms in total. The van der Waals surface area contributed by atoms with E-state index < -0.39 is 0 Å². The van der Waals surface area contributed by atoms with Crippen molar-refractivity contribution in [2.45, 2.75) is 39.8 Å². The van der Waals surface area contributed by atoms with Gasteiger partial charge < -0.3 is 9.80 Å². The molecule has 21 heavy (non-hydrogen) atoms. The van der Waals surface area contributed by atoms with Crippen molar-refractivity contribution in [1.82, 2.24) is 19.6 Å². The van der Waals surface area contributed by atoms with E-state index in [2.05, 4.69) is 49.4 Å². The number of piperazine rings is 2. The Balaban J connectivity index is 0.000000211. The molecule has 1 amide bonds. The number of hydrogen-bond acceptors (Lipinski definition) is 4. The fourth-order valence-electron chi connectivity index (χ4n) is 2.69. The molecule has 124 valence electrons. The Morgan fingerprint density at radius 1 is 0.762 bits per heavy atom. The lowest BCUT2D eigenvalue weighted by atomic mass is 10.2. The van der Waals surface area contributed by atoms with Gasteiger partial charge in [0.05, 0.1) is 6.54 Å². The predicted molar refractivity (Wildman–Crippen MR) is 88.6 cm³/mol. The van der Waals surface area contributed by atoms with Crippen molar-refractivity contribution in [1.29, 1.82) is 0 Å². The number of amides is 1. The van der Waals surface area contributed by atoms with Gasteiger partial charge in [0.1, 0.15) is 0 Å². The molecule has 2 aliphatic heterocycles. The molecule has 0 spiro atoms. The summed E-state index contributed by atoms with van der Waals surface area (Å²) in [5, 5.41) is 0. The number of rotatable bonds is 2. The molecule has 0 radical (unpaired) electrons. The van der Waals surface area contributed by atoms with Crippen molar-refractivity contribution in [2.75, 3.05) is 59.9 Å². The van der Waals surface area contributed by atoms with Crippen LogP contribution in [0.5, 0.6) is 0 Å². The molecule has 5 heteroatoms. The highest BCUT2D eigenvalue weighted by Gasteiger charge is 2.22. The number of likely N-dealkylation sites (N-methyl/N-ethyl adjacent to an activating group) is 2. The van der Waals surface area contributed by atoms with E-state index in [4.69, 9.17) is 0 Å². The van der Waals surface area contributed by atoms with E-state index in [1.54, 1.807) is 0 Å². The van der Waals surface area contributed by atoms with E-state index in [9.17, 15) is 4.79 Å². The molecule has 0 N–H and O–H groups in total. The van der Waals surface area contributed by atoms with Gasteiger partial charge >= 0.3 is 0 Å². The van der Waals surface area contributed by atoms with E-state index in [1.165, 1.54) is 26.2 Å². The minimum atomic E-state index is 0.258.